The number of para-hydroxylation sites is 1. The summed E-state index contributed by atoms with van der Waals surface area (Å²) in [6.07, 6.45) is 2.64. The number of hydrogen-bond donors (Lipinski definition) is 1. The second kappa shape index (κ2) is 18.1. The number of phenols is 1. The van der Waals surface area contributed by atoms with Gasteiger partial charge in [-0.15, -0.1) is 29.3 Å². The maximum absolute atomic E-state index is 12.6. The van der Waals surface area contributed by atoms with Crippen LogP contribution in [0.25, 0.3) is 72.7 Å². The molecule has 0 aliphatic heterocycles. The van der Waals surface area contributed by atoms with Crippen molar-refractivity contribution in [2.45, 2.75) is 85.0 Å². The van der Waals surface area contributed by atoms with Gasteiger partial charge in [0.25, 0.3) is 0 Å². The Morgan fingerprint density at radius 2 is 1.14 bits per heavy atom. The van der Waals surface area contributed by atoms with Crippen molar-refractivity contribution in [2.24, 2.45) is 0 Å². The SMILES string of the molecule is CC(C)(C)c1ccc(-n2c(-c3cc(C(C)(C)C)cc(C(C)(C)C)c3O)nc3c(-c4[c-]c(-c5cc(-c6ccccc6)ccn5)cc(Cc5ccccc5)c4)cccc32)c(-c2ccccc2)c1.[Pt]. The van der Waals surface area contributed by atoms with Crippen LogP contribution in [0.5, 0.6) is 5.75 Å². The molecule has 0 aliphatic carbocycles. The van der Waals surface area contributed by atoms with E-state index in [0.717, 1.165) is 84.5 Å². The summed E-state index contributed by atoms with van der Waals surface area (Å²) in [6, 6.07) is 61.9. The van der Waals surface area contributed by atoms with E-state index in [1.807, 2.05) is 12.3 Å². The molecule has 0 radical (unpaired) electrons. The summed E-state index contributed by atoms with van der Waals surface area (Å²) in [5.74, 6) is 0.930. The van der Waals surface area contributed by atoms with Crippen molar-refractivity contribution in [3.05, 3.63) is 204 Å². The van der Waals surface area contributed by atoms with Crippen molar-refractivity contribution in [1.29, 1.82) is 0 Å². The molecule has 5 heteroatoms. The molecule has 2 aromatic heterocycles. The quantitative estimate of drug-likeness (QED) is 0.154. The van der Waals surface area contributed by atoms with E-state index in [1.165, 1.54) is 11.1 Å². The number of aromatic nitrogens is 3. The van der Waals surface area contributed by atoms with Gasteiger partial charge in [-0.2, -0.15) is 0 Å². The number of benzene rings is 7. The van der Waals surface area contributed by atoms with Crippen molar-refractivity contribution >= 4 is 11.0 Å². The molecule has 0 saturated heterocycles. The average molecular weight is 1040 g/mol. The van der Waals surface area contributed by atoms with Crippen LogP contribution < -0.4 is 0 Å². The third kappa shape index (κ3) is 9.35. The monoisotopic (exact) mass is 1040 g/mol. The summed E-state index contributed by atoms with van der Waals surface area (Å²) in [7, 11) is 0. The van der Waals surface area contributed by atoms with Crippen molar-refractivity contribution < 1.29 is 26.2 Å². The van der Waals surface area contributed by atoms with E-state index in [0.29, 0.717) is 11.4 Å². The third-order valence-electron chi connectivity index (χ3n) is 12.5. The number of nitrogens with zero attached hydrogens (tertiary/aromatic N) is 3. The van der Waals surface area contributed by atoms with Crippen LogP contribution in [0.4, 0.5) is 0 Å². The van der Waals surface area contributed by atoms with Gasteiger partial charge >= 0.3 is 0 Å². The van der Waals surface area contributed by atoms with Crippen LogP contribution >= 0.6 is 0 Å². The van der Waals surface area contributed by atoms with Gasteiger partial charge in [-0.25, -0.2) is 4.98 Å². The first-order chi connectivity index (χ1) is 31.0. The Morgan fingerprint density at radius 1 is 0.515 bits per heavy atom. The van der Waals surface area contributed by atoms with Gasteiger partial charge in [-0.1, -0.05) is 195 Å². The number of fused-ring (bicyclic) bond motifs is 1. The maximum atomic E-state index is 12.6. The van der Waals surface area contributed by atoms with E-state index < -0.39 is 0 Å². The Kier molecular flexibility index (Phi) is 12.7. The second-order valence-electron chi connectivity index (χ2n) is 20.5. The summed E-state index contributed by atoms with van der Waals surface area (Å²) in [6.45, 7) is 20.0. The molecule has 66 heavy (non-hydrogen) atoms. The van der Waals surface area contributed by atoms with Gasteiger partial charge in [0.05, 0.1) is 22.3 Å². The van der Waals surface area contributed by atoms with Gasteiger partial charge < -0.3 is 5.11 Å². The summed E-state index contributed by atoms with van der Waals surface area (Å²) >= 11 is 0. The van der Waals surface area contributed by atoms with E-state index in [4.69, 9.17) is 9.97 Å². The van der Waals surface area contributed by atoms with Gasteiger partial charge in [0.15, 0.2) is 0 Å². The number of rotatable bonds is 8. The fourth-order valence-corrected chi connectivity index (χ4v) is 8.83. The predicted octanol–water partition coefficient (Wildman–Crippen LogP) is 15.7. The normalized spacial score (nSPS) is 12.0. The standard InChI is InChI=1S/C61H58N3O.Pt/c1-59(2,3)47-28-29-54(50(37-47)43-24-17-12-18-25-43)64-55-27-19-26-49(56(55)63-58(64)51-38-48(60(4,5)6)39-52(57(51)65)61(7,8)9)45-33-41(32-40-20-13-10-14-21-40)34-46(35-45)53-36-44(30-31-62-53)42-22-15-11-16-23-42;/h10-31,33-34,36-39,65H,32H2,1-9H3;/q-1;. The zero-order chi connectivity index (χ0) is 45.7. The summed E-state index contributed by atoms with van der Waals surface area (Å²) in [5, 5.41) is 12.6. The molecule has 0 aliphatic rings. The molecular weight excluding hydrogens is 986 g/mol. The first-order valence-electron chi connectivity index (χ1n) is 22.8. The maximum Gasteiger partial charge on any atom is 0.148 e. The van der Waals surface area contributed by atoms with Crippen molar-refractivity contribution in [3.63, 3.8) is 0 Å². The van der Waals surface area contributed by atoms with Crippen LogP contribution in [0.1, 0.15) is 90.1 Å². The molecule has 0 atom stereocenters. The molecule has 9 rings (SSSR count). The minimum atomic E-state index is -0.331. The zero-order valence-electron chi connectivity index (χ0n) is 39.5. The topological polar surface area (TPSA) is 50.9 Å². The van der Waals surface area contributed by atoms with Gasteiger partial charge in [0, 0.05) is 44.1 Å². The molecule has 1 N–H and O–H groups in total. The largest absolute Gasteiger partial charge is 0.507 e. The number of imidazole rings is 1. The van der Waals surface area contributed by atoms with Crippen LogP contribution in [0.3, 0.4) is 0 Å². The first kappa shape index (κ1) is 46.2. The van der Waals surface area contributed by atoms with E-state index in [-0.39, 0.29) is 43.1 Å². The molecule has 0 fully saturated rings. The number of phenolic OH excluding ortho intramolecular Hbond substituents is 1. The number of hydrogen-bond acceptors (Lipinski definition) is 3. The third-order valence-corrected chi connectivity index (χ3v) is 12.5. The summed E-state index contributed by atoms with van der Waals surface area (Å²) in [4.78, 5) is 10.6. The Hall–Kier alpha value is -6.35. The smallest absolute Gasteiger partial charge is 0.148 e. The summed E-state index contributed by atoms with van der Waals surface area (Å²) in [5.41, 5.74) is 16.6. The second-order valence-corrected chi connectivity index (χ2v) is 20.5. The molecule has 0 saturated carbocycles. The van der Waals surface area contributed by atoms with Crippen molar-refractivity contribution in [3.8, 4) is 67.5 Å². The number of pyridine rings is 1. The molecular formula is C61H58N3OPt-. The summed E-state index contributed by atoms with van der Waals surface area (Å²) < 4.78 is 2.28. The van der Waals surface area contributed by atoms with E-state index in [2.05, 4.69) is 231 Å². The van der Waals surface area contributed by atoms with E-state index in [1.54, 1.807) is 0 Å². The van der Waals surface area contributed by atoms with E-state index >= 15 is 0 Å². The fourth-order valence-electron chi connectivity index (χ4n) is 8.83. The molecule has 0 spiro atoms. The Morgan fingerprint density at radius 3 is 1.79 bits per heavy atom. The minimum Gasteiger partial charge on any atom is -0.507 e. The van der Waals surface area contributed by atoms with Gasteiger partial charge in [-0.05, 0) is 86.4 Å². The predicted molar refractivity (Wildman–Crippen MR) is 272 cm³/mol. The molecule has 0 amide bonds. The Bertz CT molecular complexity index is 3170. The molecule has 4 nitrogen and oxygen atoms in total. The van der Waals surface area contributed by atoms with E-state index in [9.17, 15) is 5.11 Å². The molecule has 0 bridgehead atoms. The van der Waals surface area contributed by atoms with Crippen LogP contribution in [-0.4, -0.2) is 19.6 Å². The number of aromatic hydroxyl groups is 1. The fraction of sp³-hybridized carbons (Fsp3) is 0.213. The van der Waals surface area contributed by atoms with Gasteiger partial charge in [-0.3, -0.25) is 9.55 Å². The van der Waals surface area contributed by atoms with Crippen molar-refractivity contribution in [1.82, 2.24) is 14.5 Å². The first-order valence-corrected chi connectivity index (χ1v) is 22.8. The van der Waals surface area contributed by atoms with Crippen LogP contribution in [0.2, 0.25) is 0 Å². The molecule has 9 aromatic rings. The Labute approximate surface area is 405 Å². The minimum absolute atomic E-state index is 0. The Balaban J connectivity index is 0.00000592. The van der Waals surface area contributed by atoms with Crippen LogP contribution in [0, 0.1) is 6.07 Å². The van der Waals surface area contributed by atoms with Crippen molar-refractivity contribution in [2.75, 3.05) is 0 Å². The molecule has 2 heterocycles. The van der Waals surface area contributed by atoms with Crippen LogP contribution in [0.15, 0.2) is 170 Å². The van der Waals surface area contributed by atoms with Gasteiger partial charge in [0.1, 0.15) is 11.6 Å². The van der Waals surface area contributed by atoms with Gasteiger partial charge in [0.2, 0.25) is 0 Å². The average Bonchev–Trinajstić information content (AvgIpc) is 3.68. The zero-order valence-corrected chi connectivity index (χ0v) is 41.8. The molecule has 334 valence electrons. The van der Waals surface area contributed by atoms with Crippen LogP contribution in [-0.2, 0) is 43.7 Å². The molecule has 7 aromatic carbocycles. The molecule has 0 unspecified atom stereocenters.